The fourth-order valence-corrected chi connectivity index (χ4v) is 6.87. The van der Waals surface area contributed by atoms with Crippen LogP contribution in [0.3, 0.4) is 0 Å². The fraction of sp³-hybridized carbons (Fsp3) is 0.672. The van der Waals surface area contributed by atoms with Gasteiger partial charge in [0.15, 0.2) is 6.10 Å². The molecule has 0 saturated carbocycles. The van der Waals surface area contributed by atoms with Gasteiger partial charge in [-0.15, -0.1) is 0 Å². The molecular weight excluding hydrogens is 793 g/mol. The molecule has 0 aliphatic carbocycles. The lowest BCUT2D eigenvalue weighted by atomic mass is 10.1. The van der Waals surface area contributed by atoms with Gasteiger partial charge in [0.1, 0.15) is 13.2 Å². The average molecular weight is 889 g/mol. The number of esters is 3. The van der Waals surface area contributed by atoms with E-state index in [0.29, 0.717) is 19.3 Å². The second-order valence-corrected chi connectivity index (χ2v) is 17.1. The third-order valence-electron chi connectivity index (χ3n) is 10.8. The summed E-state index contributed by atoms with van der Waals surface area (Å²) in [6.07, 6.45) is 68.4. The number of rotatable bonds is 46. The first-order valence-electron chi connectivity index (χ1n) is 26.2. The minimum atomic E-state index is -0.786. The van der Waals surface area contributed by atoms with E-state index in [1.807, 2.05) is 0 Å². The first-order chi connectivity index (χ1) is 31.5. The minimum absolute atomic E-state index is 0.0868. The van der Waals surface area contributed by atoms with Gasteiger partial charge in [0, 0.05) is 19.3 Å². The zero-order valence-corrected chi connectivity index (χ0v) is 41.5. The van der Waals surface area contributed by atoms with Crippen LogP contribution in [0.4, 0.5) is 0 Å². The molecule has 6 nitrogen and oxygen atoms in total. The topological polar surface area (TPSA) is 78.9 Å². The van der Waals surface area contributed by atoms with Crippen molar-refractivity contribution in [3.63, 3.8) is 0 Å². The van der Waals surface area contributed by atoms with Crippen molar-refractivity contribution < 1.29 is 28.6 Å². The van der Waals surface area contributed by atoms with E-state index in [4.69, 9.17) is 14.2 Å². The number of allylic oxidation sites excluding steroid dienone is 16. The predicted molar refractivity (Wildman–Crippen MR) is 274 cm³/mol. The second kappa shape index (κ2) is 52.0. The van der Waals surface area contributed by atoms with Crippen LogP contribution in [0.25, 0.3) is 0 Å². The number of carbonyl (C=O) groups is 3. The molecule has 0 fully saturated rings. The Morgan fingerprint density at radius 1 is 0.328 bits per heavy atom. The van der Waals surface area contributed by atoms with E-state index in [1.54, 1.807) is 0 Å². The largest absolute Gasteiger partial charge is 0.462 e. The van der Waals surface area contributed by atoms with Gasteiger partial charge in [0.05, 0.1) is 0 Å². The fourth-order valence-electron chi connectivity index (χ4n) is 6.87. The molecule has 0 aliphatic heterocycles. The van der Waals surface area contributed by atoms with Crippen molar-refractivity contribution in [3.8, 4) is 0 Å². The zero-order chi connectivity index (χ0) is 46.5. The van der Waals surface area contributed by atoms with Crippen LogP contribution in [-0.2, 0) is 28.6 Å². The Kier molecular flexibility index (Phi) is 49.0. The summed E-state index contributed by atoms with van der Waals surface area (Å²) in [5, 5.41) is 0. The van der Waals surface area contributed by atoms with Crippen LogP contribution in [0.1, 0.15) is 233 Å². The first-order valence-corrected chi connectivity index (χ1v) is 26.2. The molecule has 0 rings (SSSR count). The van der Waals surface area contributed by atoms with E-state index in [2.05, 4.69) is 118 Å². The van der Waals surface area contributed by atoms with Crippen LogP contribution in [0.5, 0.6) is 0 Å². The first kappa shape index (κ1) is 60.3. The van der Waals surface area contributed by atoms with Crippen LogP contribution in [0, 0.1) is 0 Å². The van der Waals surface area contributed by atoms with Gasteiger partial charge >= 0.3 is 17.9 Å². The number of carbonyl (C=O) groups excluding carboxylic acids is 3. The molecule has 64 heavy (non-hydrogen) atoms. The molecule has 0 heterocycles. The lowest BCUT2D eigenvalue weighted by Gasteiger charge is -2.18. The quantitative estimate of drug-likeness (QED) is 0.0262. The Balaban J connectivity index is 4.25. The molecule has 0 radical (unpaired) electrons. The highest BCUT2D eigenvalue weighted by molar-refractivity contribution is 5.71. The summed E-state index contributed by atoms with van der Waals surface area (Å²) in [5.41, 5.74) is 0. The van der Waals surface area contributed by atoms with Gasteiger partial charge in [-0.05, 0) is 96.3 Å². The third-order valence-corrected chi connectivity index (χ3v) is 10.8. The molecular formula is C58H96O6. The van der Waals surface area contributed by atoms with Crippen LogP contribution >= 0.6 is 0 Å². The van der Waals surface area contributed by atoms with Crippen LogP contribution in [-0.4, -0.2) is 37.2 Å². The van der Waals surface area contributed by atoms with Gasteiger partial charge in [-0.3, -0.25) is 14.4 Å². The summed E-state index contributed by atoms with van der Waals surface area (Å²) in [5.74, 6) is -0.926. The molecule has 0 N–H and O–H groups in total. The van der Waals surface area contributed by atoms with Crippen molar-refractivity contribution in [3.05, 3.63) is 97.2 Å². The van der Waals surface area contributed by atoms with E-state index >= 15 is 0 Å². The van der Waals surface area contributed by atoms with Gasteiger partial charge in [0.25, 0.3) is 0 Å². The van der Waals surface area contributed by atoms with E-state index < -0.39 is 6.10 Å². The number of ether oxygens (including phenoxy) is 3. The summed E-state index contributed by atoms with van der Waals surface area (Å²) in [4.78, 5) is 37.8. The van der Waals surface area contributed by atoms with Crippen LogP contribution < -0.4 is 0 Å². The third kappa shape index (κ3) is 49.3. The van der Waals surface area contributed by atoms with E-state index in [1.165, 1.54) is 57.8 Å². The summed E-state index contributed by atoms with van der Waals surface area (Å²) < 4.78 is 16.7. The monoisotopic (exact) mass is 889 g/mol. The van der Waals surface area contributed by atoms with Gasteiger partial charge in [-0.2, -0.15) is 0 Å². The van der Waals surface area contributed by atoms with Crippen LogP contribution in [0.15, 0.2) is 97.2 Å². The van der Waals surface area contributed by atoms with Crippen molar-refractivity contribution in [1.29, 1.82) is 0 Å². The maximum absolute atomic E-state index is 12.7. The second-order valence-electron chi connectivity index (χ2n) is 17.1. The van der Waals surface area contributed by atoms with Gasteiger partial charge < -0.3 is 14.2 Å². The Labute approximate surface area is 394 Å². The van der Waals surface area contributed by atoms with Crippen molar-refractivity contribution in [1.82, 2.24) is 0 Å². The lowest BCUT2D eigenvalue weighted by molar-refractivity contribution is -0.167. The lowest BCUT2D eigenvalue weighted by Crippen LogP contribution is -2.30. The van der Waals surface area contributed by atoms with E-state index in [0.717, 1.165) is 135 Å². The summed E-state index contributed by atoms with van der Waals surface area (Å²) in [6, 6.07) is 0. The van der Waals surface area contributed by atoms with Gasteiger partial charge in [0.2, 0.25) is 0 Å². The Morgan fingerprint density at radius 2 is 0.625 bits per heavy atom. The number of hydrogen-bond acceptors (Lipinski definition) is 6. The average Bonchev–Trinajstić information content (AvgIpc) is 3.29. The van der Waals surface area contributed by atoms with Gasteiger partial charge in [-0.1, -0.05) is 214 Å². The minimum Gasteiger partial charge on any atom is -0.462 e. The highest BCUT2D eigenvalue weighted by Gasteiger charge is 2.19. The van der Waals surface area contributed by atoms with Crippen LogP contribution in [0.2, 0.25) is 0 Å². The summed E-state index contributed by atoms with van der Waals surface area (Å²) in [6.45, 7) is 6.42. The maximum atomic E-state index is 12.7. The molecule has 0 aromatic carbocycles. The van der Waals surface area contributed by atoms with E-state index in [9.17, 15) is 14.4 Å². The highest BCUT2D eigenvalue weighted by atomic mass is 16.6. The van der Waals surface area contributed by atoms with Gasteiger partial charge in [-0.25, -0.2) is 0 Å². The van der Waals surface area contributed by atoms with Crippen molar-refractivity contribution in [2.75, 3.05) is 13.2 Å². The molecule has 0 amide bonds. The van der Waals surface area contributed by atoms with Crippen molar-refractivity contribution >= 4 is 17.9 Å². The molecule has 0 aliphatic rings. The molecule has 0 spiro atoms. The Morgan fingerprint density at radius 3 is 1.02 bits per heavy atom. The van der Waals surface area contributed by atoms with Crippen molar-refractivity contribution in [2.45, 2.75) is 239 Å². The molecule has 1 unspecified atom stereocenters. The standard InChI is InChI=1S/C58H96O6/c1-4-7-10-13-16-19-21-22-23-24-25-26-27-28-29-30-31-32-33-34-35-36-38-39-42-45-48-51-57(60)63-54-55(53-62-56(59)50-47-44-41-18-15-12-9-6-3)64-58(61)52-49-46-43-40-37-20-17-14-11-8-5-2/h7,10,14,16-17,19,22-23,25-26,28-29,31-32,34-35,55H,4-6,8-9,11-13,15,18,20-21,24,27,30,33,36-54H2,1-3H3/b10-7-,17-14-,19-16-,23-22-,26-25-,29-28-,32-31-,35-34-. The molecule has 1 atom stereocenters. The normalized spacial score (nSPS) is 12.9. The molecule has 0 aromatic heterocycles. The predicted octanol–water partition coefficient (Wildman–Crippen LogP) is 17.4. The Hall–Kier alpha value is -3.67. The smallest absolute Gasteiger partial charge is 0.306 e. The Bertz CT molecular complexity index is 1300. The molecule has 0 bridgehead atoms. The molecule has 6 heteroatoms. The van der Waals surface area contributed by atoms with E-state index in [-0.39, 0.29) is 31.1 Å². The SMILES string of the molecule is CC/C=C\C/C=C\C/C=C\C/C=C\C/C=C\C/C=C\C/C=C\CCCCCCCC(=O)OCC(COC(=O)CCCCCCCCCC)OC(=O)CCCCCCC/C=C\CCCC. The number of unbranched alkanes of at least 4 members (excludes halogenated alkanes) is 19. The number of hydrogen-bond donors (Lipinski definition) is 0. The zero-order valence-electron chi connectivity index (χ0n) is 41.5. The highest BCUT2D eigenvalue weighted by Crippen LogP contribution is 2.13. The molecule has 364 valence electrons. The van der Waals surface area contributed by atoms with Crippen molar-refractivity contribution in [2.24, 2.45) is 0 Å². The summed E-state index contributed by atoms with van der Waals surface area (Å²) >= 11 is 0. The molecule has 0 saturated heterocycles. The molecule has 0 aromatic rings. The maximum Gasteiger partial charge on any atom is 0.306 e. The summed E-state index contributed by atoms with van der Waals surface area (Å²) in [7, 11) is 0.